The molecular formula is C15H20O3. The molecule has 3 nitrogen and oxygen atoms in total. The molecule has 0 aromatic heterocycles. The lowest BCUT2D eigenvalue weighted by molar-refractivity contribution is -0.135. The Morgan fingerprint density at radius 3 is 2.61 bits per heavy atom. The van der Waals surface area contributed by atoms with Crippen molar-refractivity contribution in [1.29, 1.82) is 0 Å². The van der Waals surface area contributed by atoms with Gasteiger partial charge in [0.15, 0.2) is 5.78 Å². The van der Waals surface area contributed by atoms with Gasteiger partial charge in [-0.2, -0.15) is 0 Å². The van der Waals surface area contributed by atoms with Crippen LogP contribution in [0.25, 0.3) is 0 Å². The Bertz CT molecular complexity index is 421. The highest BCUT2D eigenvalue weighted by atomic mass is 16.5. The van der Waals surface area contributed by atoms with E-state index in [0.29, 0.717) is 6.61 Å². The Hall–Kier alpha value is -1.64. The van der Waals surface area contributed by atoms with Crippen LogP contribution in [0.15, 0.2) is 34.9 Å². The van der Waals surface area contributed by atoms with Gasteiger partial charge in [-0.25, -0.2) is 4.79 Å². The summed E-state index contributed by atoms with van der Waals surface area (Å²) in [4.78, 5) is 22.3. The third-order valence-electron chi connectivity index (χ3n) is 2.61. The summed E-state index contributed by atoms with van der Waals surface area (Å²) in [5, 5.41) is 0. The summed E-state index contributed by atoms with van der Waals surface area (Å²) in [5.74, 6) is -0.193. The van der Waals surface area contributed by atoms with Gasteiger partial charge in [0.1, 0.15) is 6.61 Å². The summed E-state index contributed by atoms with van der Waals surface area (Å²) in [5.41, 5.74) is 3.13. The monoisotopic (exact) mass is 248 g/mol. The van der Waals surface area contributed by atoms with Gasteiger partial charge >= 0.3 is 5.97 Å². The Morgan fingerprint density at radius 1 is 1.33 bits per heavy atom. The molecule has 1 rings (SSSR count). The van der Waals surface area contributed by atoms with E-state index in [1.165, 1.54) is 0 Å². The van der Waals surface area contributed by atoms with Crippen molar-refractivity contribution in [3.8, 4) is 0 Å². The maximum Gasteiger partial charge on any atom is 0.331 e. The number of carbonyl (C=O) groups is 2. The molecule has 0 bridgehead atoms. The minimum absolute atomic E-state index is 0.0473. The van der Waals surface area contributed by atoms with Gasteiger partial charge in [-0.15, -0.1) is 0 Å². The van der Waals surface area contributed by atoms with Crippen LogP contribution in [-0.4, -0.2) is 18.4 Å². The van der Waals surface area contributed by atoms with Gasteiger partial charge in [0.2, 0.25) is 0 Å². The molecule has 1 aliphatic heterocycles. The summed E-state index contributed by atoms with van der Waals surface area (Å²) in [7, 11) is 0. The maximum absolute atomic E-state index is 11.5. The third kappa shape index (κ3) is 5.62. The van der Waals surface area contributed by atoms with Crippen molar-refractivity contribution in [2.45, 2.75) is 40.0 Å². The highest BCUT2D eigenvalue weighted by molar-refractivity contribution is 6.00. The fourth-order valence-corrected chi connectivity index (χ4v) is 1.79. The molecule has 1 aliphatic rings. The third-order valence-corrected chi connectivity index (χ3v) is 2.61. The largest absolute Gasteiger partial charge is 0.458 e. The molecule has 3 heteroatoms. The van der Waals surface area contributed by atoms with E-state index in [0.717, 1.165) is 36.0 Å². The standard InChI is InChI=1S/C15H20O3/c1-11(2)7-14(16)8-12(3)5-4-6-13-9-15(17)18-10-13/h7-9H,4-6,10H2,1-3H3. The van der Waals surface area contributed by atoms with Gasteiger partial charge in [-0.1, -0.05) is 11.1 Å². The fraction of sp³-hybridized carbons (Fsp3) is 0.467. The van der Waals surface area contributed by atoms with Crippen LogP contribution in [0.3, 0.4) is 0 Å². The molecule has 18 heavy (non-hydrogen) atoms. The zero-order valence-electron chi connectivity index (χ0n) is 11.3. The number of allylic oxidation sites excluding steroid dienone is 4. The van der Waals surface area contributed by atoms with Crippen molar-refractivity contribution in [2.24, 2.45) is 0 Å². The molecule has 98 valence electrons. The number of hydrogen-bond donors (Lipinski definition) is 0. The molecule has 1 heterocycles. The first-order chi connectivity index (χ1) is 8.47. The zero-order valence-corrected chi connectivity index (χ0v) is 11.3. The second-order valence-electron chi connectivity index (χ2n) is 4.88. The zero-order chi connectivity index (χ0) is 13.5. The van der Waals surface area contributed by atoms with Crippen molar-refractivity contribution in [3.63, 3.8) is 0 Å². The lowest BCUT2D eigenvalue weighted by Gasteiger charge is -2.01. The highest BCUT2D eigenvalue weighted by Gasteiger charge is 2.11. The first-order valence-electron chi connectivity index (χ1n) is 6.19. The van der Waals surface area contributed by atoms with Crippen molar-refractivity contribution in [2.75, 3.05) is 6.61 Å². The van der Waals surface area contributed by atoms with Crippen LogP contribution >= 0.6 is 0 Å². The highest BCUT2D eigenvalue weighted by Crippen LogP contribution is 2.16. The van der Waals surface area contributed by atoms with Gasteiger partial charge in [0, 0.05) is 6.08 Å². The first kappa shape index (κ1) is 14.4. The molecule has 0 aromatic rings. The number of ketones is 1. The topological polar surface area (TPSA) is 43.4 Å². The van der Waals surface area contributed by atoms with E-state index in [9.17, 15) is 9.59 Å². The van der Waals surface area contributed by atoms with E-state index < -0.39 is 0 Å². The molecular weight excluding hydrogens is 228 g/mol. The van der Waals surface area contributed by atoms with Gasteiger partial charge in [0.25, 0.3) is 0 Å². The van der Waals surface area contributed by atoms with E-state index in [1.54, 1.807) is 18.2 Å². The van der Waals surface area contributed by atoms with E-state index in [-0.39, 0.29) is 11.8 Å². The molecule has 0 radical (unpaired) electrons. The lowest BCUT2D eigenvalue weighted by Crippen LogP contribution is -1.93. The summed E-state index contributed by atoms with van der Waals surface area (Å²) in [6, 6.07) is 0. The maximum atomic E-state index is 11.5. The molecule has 0 fully saturated rings. The number of carbonyl (C=O) groups excluding carboxylic acids is 2. The first-order valence-corrected chi connectivity index (χ1v) is 6.19. The van der Waals surface area contributed by atoms with Crippen molar-refractivity contribution in [1.82, 2.24) is 0 Å². The average Bonchev–Trinajstić information content (AvgIpc) is 2.62. The van der Waals surface area contributed by atoms with E-state index >= 15 is 0 Å². The molecule has 0 amide bonds. The Balaban J connectivity index is 2.33. The van der Waals surface area contributed by atoms with Crippen LogP contribution in [0.5, 0.6) is 0 Å². The van der Waals surface area contributed by atoms with E-state index in [4.69, 9.17) is 4.74 Å². The summed E-state index contributed by atoms with van der Waals surface area (Å²) in [6.45, 7) is 6.20. The smallest absolute Gasteiger partial charge is 0.331 e. The lowest BCUT2D eigenvalue weighted by atomic mass is 10.0. The number of esters is 1. The summed E-state index contributed by atoms with van der Waals surface area (Å²) >= 11 is 0. The predicted molar refractivity (Wildman–Crippen MR) is 71.1 cm³/mol. The van der Waals surface area contributed by atoms with Crippen LogP contribution in [0.1, 0.15) is 40.0 Å². The quantitative estimate of drug-likeness (QED) is 0.536. The SMILES string of the molecule is CC(C)=CC(=O)C=C(C)CCCC1=CC(=O)OC1. The number of hydrogen-bond acceptors (Lipinski definition) is 3. The molecule has 0 spiro atoms. The van der Waals surface area contributed by atoms with Gasteiger partial charge in [0.05, 0.1) is 0 Å². The Labute approximate surface area is 108 Å². The van der Waals surface area contributed by atoms with E-state index in [1.807, 2.05) is 20.8 Å². The molecule has 0 aromatic carbocycles. The number of cyclic esters (lactones) is 1. The molecule has 0 aliphatic carbocycles. The van der Waals surface area contributed by atoms with Crippen LogP contribution in [0.2, 0.25) is 0 Å². The van der Waals surface area contributed by atoms with Gasteiger partial charge in [-0.3, -0.25) is 4.79 Å². The molecule has 0 atom stereocenters. The fourth-order valence-electron chi connectivity index (χ4n) is 1.79. The summed E-state index contributed by atoms with van der Waals surface area (Å²) < 4.78 is 4.82. The molecule has 0 N–H and O–H groups in total. The molecule has 0 saturated heterocycles. The predicted octanol–water partition coefficient (Wildman–Crippen LogP) is 3.12. The normalized spacial score (nSPS) is 15.2. The minimum Gasteiger partial charge on any atom is -0.458 e. The van der Waals surface area contributed by atoms with Crippen molar-refractivity contribution < 1.29 is 14.3 Å². The second-order valence-corrected chi connectivity index (χ2v) is 4.88. The second kappa shape index (κ2) is 6.94. The van der Waals surface area contributed by atoms with Gasteiger partial charge in [-0.05, 0) is 57.8 Å². The Kier molecular flexibility index (Phi) is 5.56. The average molecular weight is 248 g/mol. The molecule has 0 saturated carbocycles. The van der Waals surface area contributed by atoms with Gasteiger partial charge < -0.3 is 4.74 Å². The van der Waals surface area contributed by atoms with Crippen molar-refractivity contribution >= 4 is 11.8 Å². The molecule has 0 unspecified atom stereocenters. The summed E-state index contributed by atoms with van der Waals surface area (Å²) in [6.07, 6.45) is 7.54. The van der Waals surface area contributed by atoms with Crippen LogP contribution in [-0.2, 0) is 14.3 Å². The van der Waals surface area contributed by atoms with E-state index in [2.05, 4.69) is 0 Å². The van der Waals surface area contributed by atoms with Crippen LogP contribution < -0.4 is 0 Å². The minimum atomic E-state index is -0.240. The van der Waals surface area contributed by atoms with Crippen LogP contribution in [0, 0.1) is 0 Å². The van der Waals surface area contributed by atoms with Crippen molar-refractivity contribution in [3.05, 3.63) is 34.9 Å². The number of ether oxygens (including phenoxy) is 1. The number of rotatable bonds is 6. The Morgan fingerprint density at radius 2 is 2.06 bits per heavy atom. The van der Waals surface area contributed by atoms with Crippen LogP contribution in [0.4, 0.5) is 0 Å².